The number of nitrogens with one attached hydrogen (secondary N) is 1. The van der Waals surface area contributed by atoms with Gasteiger partial charge in [0.05, 0.1) is 4.91 Å². The van der Waals surface area contributed by atoms with Crippen molar-refractivity contribution < 1.29 is 9.59 Å². The van der Waals surface area contributed by atoms with Crippen molar-refractivity contribution in [2.24, 2.45) is 0 Å². The van der Waals surface area contributed by atoms with Crippen LogP contribution in [0.3, 0.4) is 0 Å². The van der Waals surface area contributed by atoms with Gasteiger partial charge in [0.15, 0.2) is 0 Å². The summed E-state index contributed by atoms with van der Waals surface area (Å²) in [6, 6.07) is 16.5. The number of carbonyl (C=O) groups is 2. The molecule has 0 radical (unpaired) electrons. The molecule has 1 N–H and O–H groups in total. The SMILES string of the molecule is CCCCSCCCNC(=O)c1ccc(/C=C2/SC3CCCCC3N(Cc3ccc(C)cc3)C2=O)cc1. The molecule has 1 saturated carbocycles. The van der Waals surface area contributed by atoms with E-state index in [-0.39, 0.29) is 11.8 Å². The average Bonchev–Trinajstić information content (AvgIpc) is 2.92. The normalized spacial score (nSPS) is 20.6. The highest BCUT2D eigenvalue weighted by molar-refractivity contribution is 8.04. The third-order valence-corrected chi connectivity index (χ3v) is 9.71. The Morgan fingerprint density at radius 3 is 2.54 bits per heavy atom. The van der Waals surface area contributed by atoms with Crippen LogP contribution in [0.2, 0.25) is 0 Å². The van der Waals surface area contributed by atoms with Gasteiger partial charge < -0.3 is 10.2 Å². The molecule has 198 valence electrons. The van der Waals surface area contributed by atoms with Gasteiger partial charge in [-0.3, -0.25) is 9.59 Å². The molecule has 4 rings (SSSR count). The highest BCUT2D eigenvalue weighted by Crippen LogP contribution is 2.42. The van der Waals surface area contributed by atoms with Crippen LogP contribution in [0, 0.1) is 6.92 Å². The summed E-state index contributed by atoms with van der Waals surface area (Å²) in [7, 11) is 0. The molecule has 1 heterocycles. The Hall–Kier alpha value is -2.18. The van der Waals surface area contributed by atoms with Crippen LogP contribution < -0.4 is 5.32 Å². The Kier molecular flexibility index (Phi) is 10.6. The first kappa shape index (κ1) is 27.8. The fourth-order valence-electron chi connectivity index (χ4n) is 4.96. The van der Waals surface area contributed by atoms with Crippen molar-refractivity contribution in [1.82, 2.24) is 10.2 Å². The Morgan fingerprint density at radius 1 is 1.05 bits per heavy atom. The smallest absolute Gasteiger partial charge is 0.260 e. The summed E-state index contributed by atoms with van der Waals surface area (Å²) in [6.07, 6.45) is 10.2. The van der Waals surface area contributed by atoms with E-state index in [2.05, 4.69) is 48.3 Å². The van der Waals surface area contributed by atoms with E-state index in [0.717, 1.165) is 35.5 Å². The van der Waals surface area contributed by atoms with Crippen LogP contribution in [0.1, 0.15) is 78.9 Å². The number of aryl methyl sites for hydroxylation is 1. The molecule has 2 amide bonds. The molecule has 2 aromatic rings. The summed E-state index contributed by atoms with van der Waals surface area (Å²) in [5.74, 6) is 2.39. The number of amides is 2. The van der Waals surface area contributed by atoms with Crippen molar-refractivity contribution in [3.63, 3.8) is 0 Å². The predicted molar refractivity (Wildman–Crippen MR) is 159 cm³/mol. The van der Waals surface area contributed by atoms with Gasteiger partial charge in [-0.05, 0) is 73.4 Å². The van der Waals surface area contributed by atoms with Gasteiger partial charge in [0.2, 0.25) is 0 Å². The summed E-state index contributed by atoms with van der Waals surface area (Å²) in [4.78, 5) is 29.1. The fourth-order valence-corrected chi connectivity index (χ4v) is 7.48. The molecular weight excluding hydrogens is 496 g/mol. The number of benzene rings is 2. The molecule has 2 aliphatic rings. The van der Waals surface area contributed by atoms with Crippen molar-refractivity contribution >= 4 is 41.4 Å². The highest BCUT2D eigenvalue weighted by Gasteiger charge is 2.40. The number of hydrogen-bond acceptors (Lipinski definition) is 4. The summed E-state index contributed by atoms with van der Waals surface area (Å²) in [6.45, 7) is 5.67. The van der Waals surface area contributed by atoms with E-state index in [0.29, 0.717) is 29.9 Å². The standard InChI is InChI=1S/C31H40N2O2S2/c1-3-4-19-36-20-7-18-32-30(34)26-16-14-24(15-17-26)21-29-31(35)33(22-25-12-10-23(2)11-13-25)27-8-5-6-9-28(27)37-29/h10-17,21,27-28H,3-9,18-20,22H2,1-2H3,(H,32,34)/b29-21+. The van der Waals surface area contributed by atoms with Gasteiger partial charge in [0, 0.05) is 29.9 Å². The minimum atomic E-state index is -0.0322. The van der Waals surface area contributed by atoms with E-state index in [9.17, 15) is 9.59 Å². The fraction of sp³-hybridized carbons (Fsp3) is 0.484. The number of rotatable bonds is 11. The molecular formula is C31H40N2O2S2. The van der Waals surface area contributed by atoms with E-state index in [1.807, 2.05) is 42.1 Å². The molecule has 1 saturated heterocycles. The third kappa shape index (κ3) is 7.90. The average molecular weight is 537 g/mol. The Balaban J connectivity index is 1.38. The topological polar surface area (TPSA) is 49.4 Å². The van der Waals surface area contributed by atoms with Gasteiger partial charge >= 0.3 is 0 Å². The van der Waals surface area contributed by atoms with Crippen molar-refractivity contribution in [2.75, 3.05) is 18.1 Å². The third-order valence-electron chi connectivity index (χ3n) is 7.16. The second-order valence-electron chi connectivity index (χ2n) is 10.1. The summed E-state index contributed by atoms with van der Waals surface area (Å²) in [5.41, 5.74) is 4.05. The van der Waals surface area contributed by atoms with Gasteiger partial charge in [-0.25, -0.2) is 0 Å². The Morgan fingerprint density at radius 2 is 1.78 bits per heavy atom. The van der Waals surface area contributed by atoms with Gasteiger partial charge in [-0.1, -0.05) is 68.1 Å². The van der Waals surface area contributed by atoms with E-state index < -0.39 is 0 Å². The molecule has 0 spiro atoms. The number of thioether (sulfide) groups is 2. The van der Waals surface area contributed by atoms with E-state index in [4.69, 9.17) is 0 Å². The Labute approximate surface area is 231 Å². The summed E-state index contributed by atoms with van der Waals surface area (Å²) < 4.78 is 0. The molecule has 0 aromatic heterocycles. The van der Waals surface area contributed by atoms with Crippen LogP contribution in [-0.4, -0.2) is 46.1 Å². The Bertz CT molecular complexity index is 1070. The van der Waals surface area contributed by atoms with Crippen molar-refractivity contribution in [1.29, 1.82) is 0 Å². The zero-order chi connectivity index (χ0) is 26.0. The second-order valence-corrected chi connectivity index (χ2v) is 12.6. The molecule has 6 heteroatoms. The monoisotopic (exact) mass is 536 g/mol. The molecule has 1 aliphatic carbocycles. The van der Waals surface area contributed by atoms with Crippen molar-refractivity contribution in [2.45, 2.75) is 76.6 Å². The number of nitrogens with zero attached hydrogens (tertiary/aromatic N) is 1. The number of unbranched alkanes of at least 4 members (excludes halogenated alkanes) is 1. The van der Waals surface area contributed by atoms with Gasteiger partial charge in [-0.15, -0.1) is 11.8 Å². The highest BCUT2D eigenvalue weighted by atomic mass is 32.2. The van der Waals surface area contributed by atoms with Gasteiger partial charge in [0.1, 0.15) is 0 Å². The molecule has 2 fully saturated rings. The number of fused-ring (bicyclic) bond motifs is 1. The maximum absolute atomic E-state index is 13.6. The van der Waals surface area contributed by atoms with Crippen LogP contribution in [0.15, 0.2) is 53.4 Å². The van der Waals surface area contributed by atoms with Gasteiger partial charge in [-0.2, -0.15) is 11.8 Å². The van der Waals surface area contributed by atoms with Crippen molar-refractivity contribution in [3.8, 4) is 0 Å². The molecule has 0 bridgehead atoms. The molecule has 2 unspecified atom stereocenters. The molecule has 2 aromatic carbocycles. The second kappa shape index (κ2) is 14.1. The maximum Gasteiger partial charge on any atom is 0.260 e. The molecule has 37 heavy (non-hydrogen) atoms. The van der Waals surface area contributed by atoms with E-state index in [1.54, 1.807) is 11.8 Å². The largest absolute Gasteiger partial charge is 0.352 e. The zero-order valence-corrected chi connectivity index (χ0v) is 23.8. The first-order valence-electron chi connectivity index (χ1n) is 13.8. The lowest BCUT2D eigenvalue weighted by Gasteiger charge is -2.44. The van der Waals surface area contributed by atoms with Crippen LogP contribution in [0.5, 0.6) is 0 Å². The lowest BCUT2D eigenvalue weighted by atomic mass is 9.92. The quantitative estimate of drug-likeness (QED) is 0.246. The zero-order valence-electron chi connectivity index (χ0n) is 22.2. The van der Waals surface area contributed by atoms with Crippen LogP contribution in [0.25, 0.3) is 6.08 Å². The van der Waals surface area contributed by atoms with E-state index in [1.165, 1.54) is 42.6 Å². The van der Waals surface area contributed by atoms with Crippen LogP contribution in [-0.2, 0) is 11.3 Å². The van der Waals surface area contributed by atoms with E-state index >= 15 is 0 Å². The van der Waals surface area contributed by atoms with Gasteiger partial charge in [0.25, 0.3) is 11.8 Å². The number of hydrogen-bond donors (Lipinski definition) is 1. The first-order chi connectivity index (χ1) is 18.0. The van der Waals surface area contributed by atoms with Crippen LogP contribution in [0.4, 0.5) is 0 Å². The first-order valence-corrected chi connectivity index (χ1v) is 15.8. The molecule has 1 aliphatic heterocycles. The summed E-state index contributed by atoms with van der Waals surface area (Å²) in [5, 5.41) is 3.48. The van der Waals surface area contributed by atoms with Crippen molar-refractivity contribution in [3.05, 3.63) is 75.7 Å². The molecule has 4 nitrogen and oxygen atoms in total. The summed E-state index contributed by atoms with van der Waals surface area (Å²) >= 11 is 3.72. The minimum absolute atomic E-state index is 0.0322. The maximum atomic E-state index is 13.6. The number of carbonyl (C=O) groups excluding carboxylic acids is 2. The minimum Gasteiger partial charge on any atom is -0.352 e. The predicted octanol–water partition coefficient (Wildman–Crippen LogP) is 7.08. The van der Waals surface area contributed by atoms with Crippen LogP contribution >= 0.6 is 23.5 Å². The lowest BCUT2D eigenvalue weighted by Crippen LogP contribution is -2.50. The lowest BCUT2D eigenvalue weighted by molar-refractivity contribution is -0.130. The molecule has 2 atom stereocenters.